The SMILES string of the molecule is CCC(=O)Sc1cccc(I)c1COc1cc(C)c(C)cc1C. The van der Waals surface area contributed by atoms with Crippen LogP contribution in [0.2, 0.25) is 0 Å². The van der Waals surface area contributed by atoms with Crippen molar-refractivity contribution in [1.82, 2.24) is 0 Å². The third-order valence-corrected chi connectivity index (χ3v) is 5.88. The Bertz CT molecular complexity index is 726. The summed E-state index contributed by atoms with van der Waals surface area (Å²) in [6.45, 7) is 8.63. The van der Waals surface area contributed by atoms with Gasteiger partial charge in [-0.2, -0.15) is 0 Å². The van der Waals surface area contributed by atoms with Gasteiger partial charge in [-0.1, -0.05) is 30.8 Å². The molecule has 0 bridgehead atoms. The molecule has 0 atom stereocenters. The van der Waals surface area contributed by atoms with E-state index in [0.717, 1.165) is 25.3 Å². The first-order chi connectivity index (χ1) is 10.9. The molecule has 0 aliphatic carbocycles. The summed E-state index contributed by atoms with van der Waals surface area (Å²) >= 11 is 3.61. The summed E-state index contributed by atoms with van der Waals surface area (Å²) in [6, 6.07) is 10.3. The molecule has 0 unspecified atom stereocenters. The molecular formula is C19H21IO2S. The van der Waals surface area contributed by atoms with Crippen LogP contribution in [0, 0.1) is 24.3 Å². The predicted molar refractivity (Wildman–Crippen MR) is 105 cm³/mol. The number of halogens is 1. The number of hydrogen-bond acceptors (Lipinski definition) is 3. The van der Waals surface area contributed by atoms with Gasteiger partial charge in [0.1, 0.15) is 12.4 Å². The second kappa shape index (κ2) is 8.20. The Morgan fingerprint density at radius 3 is 2.52 bits per heavy atom. The molecule has 0 aliphatic heterocycles. The van der Waals surface area contributed by atoms with Crippen LogP contribution in [0.4, 0.5) is 0 Å². The van der Waals surface area contributed by atoms with Gasteiger partial charge in [0.25, 0.3) is 0 Å². The van der Waals surface area contributed by atoms with Gasteiger partial charge in [0.05, 0.1) is 0 Å². The first-order valence-electron chi connectivity index (χ1n) is 7.61. The predicted octanol–water partition coefficient (Wildman–Crippen LogP) is 5.82. The molecule has 122 valence electrons. The van der Waals surface area contributed by atoms with Crippen molar-refractivity contribution in [3.63, 3.8) is 0 Å². The van der Waals surface area contributed by atoms with Crippen LogP contribution >= 0.6 is 34.4 Å². The third kappa shape index (κ3) is 4.73. The lowest BCUT2D eigenvalue weighted by Gasteiger charge is -2.15. The largest absolute Gasteiger partial charge is 0.489 e. The Labute approximate surface area is 156 Å². The Balaban J connectivity index is 2.23. The Hall–Kier alpha value is -1.01. The number of carbonyl (C=O) groups excluding carboxylic acids is 1. The molecule has 2 rings (SSSR count). The minimum Gasteiger partial charge on any atom is -0.489 e. The molecule has 0 amide bonds. The highest BCUT2D eigenvalue weighted by Gasteiger charge is 2.12. The summed E-state index contributed by atoms with van der Waals surface area (Å²) in [5.41, 5.74) is 4.72. The number of carbonyl (C=O) groups is 1. The molecule has 0 saturated heterocycles. The van der Waals surface area contributed by atoms with Gasteiger partial charge in [0, 0.05) is 20.4 Å². The number of benzene rings is 2. The summed E-state index contributed by atoms with van der Waals surface area (Å²) < 4.78 is 7.19. The van der Waals surface area contributed by atoms with Crippen molar-refractivity contribution in [3.8, 4) is 5.75 Å². The lowest BCUT2D eigenvalue weighted by molar-refractivity contribution is -0.110. The third-order valence-electron chi connectivity index (χ3n) is 3.75. The van der Waals surface area contributed by atoms with Gasteiger partial charge in [-0.3, -0.25) is 4.79 Å². The smallest absolute Gasteiger partial charge is 0.193 e. The molecule has 4 heteroatoms. The molecule has 0 fully saturated rings. The Morgan fingerprint density at radius 2 is 1.83 bits per heavy atom. The van der Waals surface area contributed by atoms with Crippen LogP contribution < -0.4 is 4.74 Å². The van der Waals surface area contributed by atoms with Gasteiger partial charge in [-0.05, 0) is 78.3 Å². The molecule has 23 heavy (non-hydrogen) atoms. The van der Waals surface area contributed by atoms with E-state index in [2.05, 4.69) is 55.5 Å². The Morgan fingerprint density at radius 1 is 1.13 bits per heavy atom. The van der Waals surface area contributed by atoms with Crippen molar-refractivity contribution in [3.05, 3.63) is 56.2 Å². The molecule has 2 aromatic carbocycles. The lowest BCUT2D eigenvalue weighted by atomic mass is 10.1. The number of hydrogen-bond donors (Lipinski definition) is 0. The number of thioether (sulfide) groups is 1. The molecular weight excluding hydrogens is 419 g/mol. The van der Waals surface area contributed by atoms with Crippen molar-refractivity contribution in [2.24, 2.45) is 0 Å². The number of ether oxygens (including phenoxy) is 1. The van der Waals surface area contributed by atoms with E-state index >= 15 is 0 Å². The highest BCUT2D eigenvalue weighted by atomic mass is 127. The van der Waals surface area contributed by atoms with Crippen LogP contribution in [-0.4, -0.2) is 5.12 Å². The molecule has 0 spiro atoms. The summed E-state index contributed by atoms with van der Waals surface area (Å²) in [7, 11) is 0. The highest BCUT2D eigenvalue weighted by molar-refractivity contribution is 14.1. The van der Waals surface area contributed by atoms with E-state index in [1.54, 1.807) is 0 Å². The second-order valence-electron chi connectivity index (χ2n) is 5.53. The van der Waals surface area contributed by atoms with E-state index in [-0.39, 0.29) is 5.12 Å². The van der Waals surface area contributed by atoms with Gasteiger partial charge in [0.2, 0.25) is 0 Å². The highest BCUT2D eigenvalue weighted by Crippen LogP contribution is 2.30. The Kier molecular flexibility index (Phi) is 6.53. The normalized spacial score (nSPS) is 10.7. The zero-order valence-electron chi connectivity index (χ0n) is 13.9. The van der Waals surface area contributed by atoms with Gasteiger partial charge in [-0.15, -0.1) is 0 Å². The lowest BCUT2D eigenvalue weighted by Crippen LogP contribution is -2.03. The van der Waals surface area contributed by atoms with Crippen molar-refractivity contribution < 1.29 is 9.53 Å². The molecule has 0 aromatic heterocycles. The number of aryl methyl sites for hydroxylation is 3. The fourth-order valence-corrected chi connectivity index (χ4v) is 3.87. The van der Waals surface area contributed by atoms with Crippen LogP contribution in [0.3, 0.4) is 0 Å². The van der Waals surface area contributed by atoms with E-state index in [1.807, 2.05) is 25.1 Å². The minimum atomic E-state index is 0.176. The van der Waals surface area contributed by atoms with Crippen LogP contribution in [0.5, 0.6) is 5.75 Å². The van der Waals surface area contributed by atoms with Gasteiger partial charge in [0.15, 0.2) is 5.12 Å². The fourth-order valence-electron chi connectivity index (χ4n) is 2.21. The zero-order chi connectivity index (χ0) is 17.0. The molecule has 0 radical (unpaired) electrons. The molecule has 0 saturated carbocycles. The summed E-state index contributed by atoms with van der Waals surface area (Å²) in [5.74, 6) is 0.908. The van der Waals surface area contributed by atoms with Crippen molar-refractivity contribution in [2.75, 3.05) is 0 Å². The second-order valence-corrected chi connectivity index (χ2v) is 7.80. The summed E-state index contributed by atoms with van der Waals surface area (Å²) in [6.07, 6.45) is 0.534. The molecule has 2 aromatic rings. The molecule has 0 heterocycles. The zero-order valence-corrected chi connectivity index (χ0v) is 16.9. The number of rotatable bonds is 5. The van der Waals surface area contributed by atoms with E-state index in [1.165, 1.54) is 22.9 Å². The van der Waals surface area contributed by atoms with Crippen molar-refractivity contribution in [2.45, 2.75) is 45.6 Å². The maximum atomic E-state index is 11.8. The van der Waals surface area contributed by atoms with Crippen molar-refractivity contribution in [1.29, 1.82) is 0 Å². The standard InChI is InChI=1S/C19H21IO2S/c1-5-19(21)23-18-8-6-7-16(20)15(18)11-22-17-10-13(3)12(2)9-14(17)4/h6-10H,5,11H2,1-4H3. The monoisotopic (exact) mass is 440 g/mol. The van der Waals surface area contributed by atoms with Crippen LogP contribution in [0.15, 0.2) is 35.2 Å². The quantitative estimate of drug-likeness (QED) is 0.433. The van der Waals surface area contributed by atoms with Crippen LogP contribution in [-0.2, 0) is 11.4 Å². The van der Waals surface area contributed by atoms with Crippen molar-refractivity contribution >= 4 is 39.5 Å². The van der Waals surface area contributed by atoms with E-state index in [9.17, 15) is 4.79 Å². The van der Waals surface area contributed by atoms with Crippen LogP contribution in [0.1, 0.15) is 35.6 Å². The molecule has 0 N–H and O–H groups in total. The first-order valence-corrected chi connectivity index (χ1v) is 9.50. The molecule has 0 aliphatic rings. The average Bonchev–Trinajstić information content (AvgIpc) is 2.51. The van der Waals surface area contributed by atoms with E-state index in [0.29, 0.717) is 13.0 Å². The maximum Gasteiger partial charge on any atom is 0.193 e. The summed E-state index contributed by atoms with van der Waals surface area (Å²) in [5, 5.41) is 0.176. The first kappa shape index (κ1) is 18.3. The fraction of sp³-hybridized carbons (Fsp3) is 0.316. The summed E-state index contributed by atoms with van der Waals surface area (Å²) in [4.78, 5) is 12.8. The van der Waals surface area contributed by atoms with E-state index < -0.39 is 0 Å². The average molecular weight is 440 g/mol. The molecule has 2 nitrogen and oxygen atoms in total. The van der Waals surface area contributed by atoms with Gasteiger partial charge >= 0.3 is 0 Å². The van der Waals surface area contributed by atoms with Gasteiger partial charge in [-0.25, -0.2) is 0 Å². The topological polar surface area (TPSA) is 26.3 Å². The van der Waals surface area contributed by atoms with E-state index in [4.69, 9.17) is 4.74 Å². The minimum absolute atomic E-state index is 0.176. The van der Waals surface area contributed by atoms with Crippen LogP contribution in [0.25, 0.3) is 0 Å². The maximum absolute atomic E-state index is 11.8. The van der Waals surface area contributed by atoms with Gasteiger partial charge < -0.3 is 4.74 Å².